The molecule has 4 aliphatic rings. The van der Waals surface area contributed by atoms with E-state index >= 15 is 0 Å². The summed E-state index contributed by atoms with van der Waals surface area (Å²) in [7, 11) is 0. The van der Waals surface area contributed by atoms with Crippen LogP contribution in [0.25, 0.3) is 0 Å². The minimum absolute atomic E-state index is 0.00304. The normalized spacial score (nSPS) is 44.8. The zero-order chi connectivity index (χ0) is 20.3. The van der Waals surface area contributed by atoms with E-state index in [4.69, 9.17) is 4.74 Å². The predicted octanol–water partition coefficient (Wildman–Crippen LogP) is 3.24. The molecule has 0 aromatic heterocycles. The standard InChI is InChI=1S/C23H32O5/c1-13(24)28-12-20(27)18-7-6-17-16-5-4-14-10-15(25)8-9-22(14,2)21(16)19(26)11-23(17,18)3/h10,16-19,21,26H,4-9,11-12H2,1-3H3/t16?,17?,18-,19?,21?,22?,23?/m1/s1. The van der Waals surface area contributed by atoms with Crippen molar-refractivity contribution in [1.82, 2.24) is 0 Å². The van der Waals surface area contributed by atoms with Gasteiger partial charge in [0.25, 0.3) is 0 Å². The first-order valence-corrected chi connectivity index (χ1v) is 10.7. The first-order chi connectivity index (χ1) is 13.2. The van der Waals surface area contributed by atoms with E-state index < -0.39 is 12.1 Å². The van der Waals surface area contributed by atoms with E-state index in [-0.39, 0.29) is 40.8 Å². The summed E-state index contributed by atoms with van der Waals surface area (Å²) < 4.78 is 4.98. The summed E-state index contributed by atoms with van der Waals surface area (Å²) in [5.74, 6) is 0.600. The highest BCUT2D eigenvalue weighted by molar-refractivity contribution is 5.91. The molecule has 5 nitrogen and oxygen atoms in total. The average Bonchev–Trinajstić information content (AvgIpc) is 2.96. The zero-order valence-corrected chi connectivity index (χ0v) is 17.2. The van der Waals surface area contributed by atoms with Crippen molar-refractivity contribution >= 4 is 17.5 Å². The molecule has 5 heteroatoms. The van der Waals surface area contributed by atoms with Gasteiger partial charge < -0.3 is 9.84 Å². The first-order valence-electron chi connectivity index (χ1n) is 10.7. The van der Waals surface area contributed by atoms with Crippen LogP contribution in [0, 0.1) is 34.5 Å². The second kappa shape index (κ2) is 6.79. The zero-order valence-electron chi connectivity index (χ0n) is 17.2. The van der Waals surface area contributed by atoms with Crippen molar-refractivity contribution in [1.29, 1.82) is 0 Å². The Morgan fingerprint density at radius 3 is 2.68 bits per heavy atom. The van der Waals surface area contributed by atoms with Crippen LogP contribution in [0.5, 0.6) is 0 Å². The van der Waals surface area contributed by atoms with Gasteiger partial charge in [0.2, 0.25) is 0 Å². The van der Waals surface area contributed by atoms with Gasteiger partial charge in [0.15, 0.2) is 11.6 Å². The molecule has 0 bridgehead atoms. The number of carbonyl (C=O) groups is 3. The maximum atomic E-state index is 12.8. The molecule has 0 aromatic rings. The molecule has 0 spiro atoms. The number of carbonyl (C=O) groups excluding carboxylic acids is 3. The van der Waals surface area contributed by atoms with E-state index in [0.717, 1.165) is 32.1 Å². The van der Waals surface area contributed by atoms with E-state index in [1.165, 1.54) is 12.5 Å². The van der Waals surface area contributed by atoms with Crippen LogP contribution in [0.1, 0.15) is 65.7 Å². The Morgan fingerprint density at radius 1 is 1.21 bits per heavy atom. The summed E-state index contributed by atoms with van der Waals surface area (Å²) in [6, 6.07) is 0. The SMILES string of the molecule is CC(=O)OCC(=O)[C@H]1CCC2C3CCC4=CC(=O)CCC4(C)C3C(O)CC21C. The molecule has 0 aromatic carbocycles. The molecule has 6 unspecified atom stereocenters. The third-order valence-corrected chi connectivity index (χ3v) is 8.70. The highest BCUT2D eigenvalue weighted by Crippen LogP contribution is 2.66. The Kier molecular flexibility index (Phi) is 4.80. The van der Waals surface area contributed by atoms with Crippen LogP contribution in [0.2, 0.25) is 0 Å². The number of hydrogen-bond acceptors (Lipinski definition) is 5. The summed E-state index contributed by atoms with van der Waals surface area (Å²) in [4.78, 5) is 35.9. The largest absolute Gasteiger partial charge is 0.458 e. The van der Waals surface area contributed by atoms with Crippen LogP contribution < -0.4 is 0 Å². The van der Waals surface area contributed by atoms with Crippen molar-refractivity contribution < 1.29 is 24.2 Å². The van der Waals surface area contributed by atoms with Crippen molar-refractivity contribution in [3.05, 3.63) is 11.6 Å². The van der Waals surface area contributed by atoms with Crippen molar-refractivity contribution in [2.45, 2.75) is 71.8 Å². The van der Waals surface area contributed by atoms with Crippen molar-refractivity contribution in [3.8, 4) is 0 Å². The number of ether oxygens (including phenoxy) is 1. The van der Waals surface area contributed by atoms with Crippen molar-refractivity contribution in [3.63, 3.8) is 0 Å². The van der Waals surface area contributed by atoms with E-state index in [1.807, 2.05) is 6.08 Å². The lowest BCUT2D eigenvalue weighted by atomic mass is 9.46. The van der Waals surface area contributed by atoms with Gasteiger partial charge in [0.1, 0.15) is 6.61 Å². The Bertz CT molecular complexity index is 739. The Morgan fingerprint density at radius 2 is 1.96 bits per heavy atom. The fourth-order valence-corrected chi connectivity index (χ4v) is 7.49. The van der Waals surface area contributed by atoms with E-state index in [1.54, 1.807) is 0 Å². The molecule has 0 saturated heterocycles. The number of allylic oxidation sites excluding steroid dienone is 1. The van der Waals surface area contributed by atoms with Gasteiger partial charge in [-0.3, -0.25) is 14.4 Å². The van der Waals surface area contributed by atoms with Crippen LogP contribution in [-0.4, -0.2) is 35.4 Å². The van der Waals surface area contributed by atoms with Gasteiger partial charge in [-0.15, -0.1) is 0 Å². The van der Waals surface area contributed by atoms with E-state index in [9.17, 15) is 19.5 Å². The summed E-state index contributed by atoms with van der Waals surface area (Å²) in [6.07, 6.45) is 7.12. The predicted molar refractivity (Wildman–Crippen MR) is 103 cm³/mol. The third-order valence-electron chi connectivity index (χ3n) is 8.70. The van der Waals surface area contributed by atoms with Gasteiger partial charge in [-0.25, -0.2) is 0 Å². The molecule has 1 N–H and O–H groups in total. The van der Waals surface area contributed by atoms with Gasteiger partial charge in [0, 0.05) is 19.3 Å². The minimum atomic E-state index is -0.463. The number of aliphatic hydroxyl groups excluding tert-OH is 1. The average molecular weight is 389 g/mol. The molecular formula is C23H32O5. The maximum Gasteiger partial charge on any atom is 0.303 e. The van der Waals surface area contributed by atoms with Gasteiger partial charge >= 0.3 is 5.97 Å². The fourth-order valence-electron chi connectivity index (χ4n) is 7.49. The topological polar surface area (TPSA) is 80.7 Å². The minimum Gasteiger partial charge on any atom is -0.458 e. The van der Waals surface area contributed by atoms with Crippen molar-refractivity contribution in [2.24, 2.45) is 34.5 Å². The van der Waals surface area contributed by atoms with Crippen LogP contribution in [0.3, 0.4) is 0 Å². The molecule has 28 heavy (non-hydrogen) atoms. The highest BCUT2D eigenvalue weighted by atomic mass is 16.5. The van der Waals surface area contributed by atoms with Gasteiger partial charge in [-0.1, -0.05) is 19.4 Å². The number of esters is 1. The summed E-state index contributed by atoms with van der Waals surface area (Å²) in [5.41, 5.74) is 0.894. The summed E-state index contributed by atoms with van der Waals surface area (Å²) in [5, 5.41) is 11.3. The molecule has 0 aliphatic heterocycles. The van der Waals surface area contributed by atoms with Gasteiger partial charge in [-0.2, -0.15) is 0 Å². The number of rotatable bonds is 3. The maximum absolute atomic E-state index is 12.8. The molecule has 4 aliphatic carbocycles. The van der Waals surface area contributed by atoms with Gasteiger partial charge in [-0.05, 0) is 73.2 Å². The van der Waals surface area contributed by atoms with E-state index in [0.29, 0.717) is 24.7 Å². The Balaban J connectivity index is 1.61. The van der Waals surface area contributed by atoms with Gasteiger partial charge in [0.05, 0.1) is 6.10 Å². The molecule has 0 amide bonds. The molecule has 0 heterocycles. The van der Waals surface area contributed by atoms with Crippen LogP contribution in [0.4, 0.5) is 0 Å². The fraction of sp³-hybridized carbons (Fsp3) is 0.783. The van der Waals surface area contributed by atoms with Crippen molar-refractivity contribution in [2.75, 3.05) is 6.61 Å². The second-order valence-corrected chi connectivity index (χ2v) is 10.0. The smallest absolute Gasteiger partial charge is 0.303 e. The molecular weight excluding hydrogens is 356 g/mol. The number of aliphatic hydroxyl groups is 1. The highest BCUT2D eigenvalue weighted by Gasteiger charge is 2.62. The second-order valence-electron chi connectivity index (χ2n) is 10.0. The summed E-state index contributed by atoms with van der Waals surface area (Å²) >= 11 is 0. The number of hydrogen-bond donors (Lipinski definition) is 1. The molecule has 154 valence electrons. The molecule has 4 rings (SSSR count). The van der Waals surface area contributed by atoms with E-state index in [2.05, 4.69) is 13.8 Å². The Hall–Kier alpha value is -1.49. The monoisotopic (exact) mass is 388 g/mol. The summed E-state index contributed by atoms with van der Waals surface area (Å²) in [6.45, 7) is 5.58. The lowest BCUT2D eigenvalue weighted by molar-refractivity contribution is -0.154. The number of ketones is 2. The lowest BCUT2D eigenvalue weighted by Crippen LogP contribution is -2.57. The first kappa shape index (κ1) is 19.8. The van der Waals surface area contributed by atoms with Crippen LogP contribution in [-0.2, 0) is 19.1 Å². The number of fused-ring (bicyclic) bond motifs is 5. The molecule has 7 atom stereocenters. The lowest BCUT2D eigenvalue weighted by Gasteiger charge is -2.59. The molecule has 0 radical (unpaired) electrons. The molecule has 3 fully saturated rings. The Labute approximate surface area is 166 Å². The quantitative estimate of drug-likeness (QED) is 0.751. The molecule has 3 saturated carbocycles. The third kappa shape index (κ3) is 2.89. The number of Topliss-reactive ketones (excluding diaryl/α,β-unsaturated/α-hetero) is 1. The van der Waals surface area contributed by atoms with Crippen LogP contribution in [0.15, 0.2) is 11.6 Å². The van der Waals surface area contributed by atoms with Crippen LogP contribution >= 0.6 is 0 Å².